The minimum Gasteiger partial charge on any atom is -0.490 e. The zero-order valence-corrected chi connectivity index (χ0v) is 13.4. The van der Waals surface area contributed by atoms with Gasteiger partial charge >= 0.3 is 0 Å². The molecule has 1 aliphatic rings. The van der Waals surface area contributed by atoms with Gasteiger partial charge in [-0.1, -0.05) is 12.1 Å². The highest BCUT2D eigenvalue weighted by Crippen LogP contribution is 2.33. The third-order valence-corrected chi connectivity index (χ3v) is 4.06. The number of amides is 1. The van der Waals surface area contributed by atoms with Gasteiger partial charge in [-0.15, -0.1) is 0 Å². The van der Waals surface area contributed by atoms with E-state index in [1.165, 1.54) is 16.7 Å². The molecule has 1 N–H and O–H groups in total. The molecule has 0 fully saturated rings. The minimum absolute atomic E-state index is 0.0683. The molecular formula is C18H19FN2O3. The van der Waals surface area contributed by atoms with Crippen LogP contribution in [0.25, 0.3) is 0 Å². The molecule has 0 spiro atoms. The van der Waals surface area contributed by atoms with E-state index < -0.39 is 5.82 Å². The van der Waals surface area contributed by atoms with E-state index in [1.807, 2.05) is 6.92 Å². The van der Waals surface area contributed by atoms with Crippen LogP contribution < -0.4 is 15.6 Å². The highest BCUT2D eigenvalue weighted by atomic mass is 19.1. The summed E-state index contributed by atoms with van der Waals surface area (Å²) < 4.78 is 20.7. The van der Waals surface area contributed by atoms with Gasteiger partial charge in [-0.3, -0.25) is 9.59 Å². The van der Waals surface area contributed by atoms with Crippen molar-refractivity contribution in [2.45, 2.75) is 32.4 Å². The summed E-state index contributed by atoms with van der Waals surface area (Å²) in [5, 5.41) is 2.89. The van der Waals surface area contributed by atoms with Gasteiger partial charge in [-0.2, -0.15) is 0 Å². The van der Waals surface area contributed by atoms with E-state index in [4.69, 9.17) is 4.74 Å². The highest BCUT2D eigenvalue weighted by molar-refractivity contribution is 5.76. The fourth-order valence-electron chi connectivity index (χ4n) is 2.85. The molecule has 0 bridgehead atoms. The van der Waals surface area contributed by atoms with Crippen molar-refractivity contribution in [2.75, 3.05) is 6.61 Å². The van der Waals surface area contributed by atoms with Crippen molar-refractivity contribution in [3.8, 4) is 5.75 Å². The molecule has 0 saturated heterocycles. The Balaban J connectivity index is 1.77. The topological polar surface area (TPSA) is 60.3 Å². The van der Waals surface area contributed by atoms with Crippen LogP contribution in [0.5, 0.6) is 5.75 Å². The fourth-order valence-corrected chi connectivity index (χ4v) is 2.85. The average Bonchev–Trinajstić information content (AvgIpc) is 2.74. The number of rotatable bonds is 3. The van der Waals surface area contributed by atoms with E-state index in [9.17, 15) is 14.0 Å². The molecule has 6 heteroatoms. The first-order chi connectivity index (χ1) is 11.5. The average molecular weight is 330 g/mol. The number of carbonyl (C=O) groups is 1. The summed E-state index contributed by atoms with van der Waals surface area (Å²) in [5.74, 6) is -0.515. The van der Waals surface area contributed by atoms with Crippen LogP contribution in [0.15, 0.2) is 41.3 Å². The maximum atomic E-state index is 13.9. The van der Waals surface area contributed by atoms with Gasteiger partial charge in [0.2, 0.25) is 5.91 Å². The van der Waals surface area contributed by atoms with Crippen molar-refractivity contribution in [1.82, 2.24) is 9.88 Å². The molecule has 1 aromatic heterocycles. The van der Waals surface area contributed by atoms with Crippen LogP contribution >= 0.6 is 0 Å². The largest absolute Gasteiger partial charge is 0.490 e. The van der Waals surface area contributed by atoms with Gasteiger partial charge in [0.05, 0.1) is 12.6 Å². The van der Waals surface area contributed by atoms with E-state index in [0.29, 0.717) is 25.0 Å². The second-order valence-corrected chi connectivity index (χ2v) is 5.94. The second-order valence-electron chi connectivity index (χ2n) is 5.94. The number of carbonyl (C=O) groups excluding carboxylic acids is 1. The van der Waals surface area contributed by atoms with Crippen molar-refractivity contribution in [2.24, 2.45) is 0 Å². The van der Waals surface area contributed by atoms with Gasteiger partial charge in [0.15, 0.2) is 11.6 Å². The number of fused-ring (bicyclic) bond motifs is 1. The van der Waals surface area contributed by atoms with Crippen LogP contribution in [0.4, 0.5) is 4.39 Å². The Kier molecular flexibility index (Phi) is 4.64. The number of nitrogens with zero attached hydrogens (tertiary/aromatic N) is 1. The molecule has 126 valence electrons. The molecule has 0 unspecified atom stereocenters. The number of aryl methyl sites for hydroxylation is 1. The van der Waals surface area contributed by atoms with Crippen LogP contribution in [0.1, 0.15) is 30.0 Å². The van der Waals surface area contributed by atoms with Crippen molar-refractivity contribution in [1.29, 1.82) is 0 Å². The number of pyridine rings is 1. The molecule has 0 radical (unpaired) electrons. The smallest absolute Gasteiger partial charge is 0.251 e. The Labute approximate surface area is 139 Å². The number of hydrogen-bond acceptors (Lipinski definition) is 3. The standard InChI is InChI=1S/C18H19FN2O3/c1-12-7-8-21(17(23)10-12)11-16(22)20-15-6-3-9-24-18-13(15)4-2-5-14(18)19/h2,4-5,7-8,10,15H,3,6,9,11H2,1H3,(H,20,22)/t15-/m0/s1. The highest BCUT2D eigenvalue weighted by Gasteiger charge is 2.23. The molecule has 2 aromatic rings. The SMILES string of the molecule is Cc1ccn(CC(=O)N[C@H]2CCCOc3c(F)cccc32)c(=O)c1. The van der Waals surface area contributed by atoms with Crippen LogP contribution in [0.3, 0.4) is 0 Å². The predicted octanol–water partition coefficient (Wildman–Crippen LogP) is 2.33. The normalized spacial score (nSPS) is 16.7. The lowest BCUT2D eigenvalue weighted by Gasteiger charge is -2.19. The molecule has 24 heavy (non-hydrogen) atoms. The number of para-hydroxylation sites is 1. The van der Waals surface area contributed by atoms with E-state index in [2.05, 4.69) is 5.32 Å². The molecule has 3 rings (SSSR count). The van der Waals surface area contributed by atoms with Crippen LogP contribution in [0, 0.1) is 12.7 Å². The molecular weight excluding hydrogens is 311 g/mol. The van der Waals surface area contributed by atoms with Gasteiger partial charge in [0, 0.05) is 17.8 Å². The molecule has 1 atom stereocenters. The number of ether oxygens (including phenoxy) is 1. The van der Waals surface area contributed by atoms with Crippen LogP contribution in [-0.2, 0) is 11.3 Å². The quantitative estimate of drug-likeness (QED) is 0.939. The third kappa shape index (κ3) is 3.48. The Morgan fingerprint density at radius 3 is 3.04 bits per heavy atom. The van der Waals surface area contributed by atoms with Crippen molar-refractivity contribution in [3.05, 3.63) is 63.8 Å². The lowest BCUT2D eigenvalue weighted by atomic mass is 10.0. The number of halogens is 1. The molecule has 5 nitrogen and oxygen atoms in total. The summed E-state index contributed by atoms with van der Waals surface area (Å²) in [6.07, 6.45) is 2.97. The van der Waals surface area contributed by atoms with Crippen molar-refractivity contribution < 1.29 is 13.9 Å². The fraction of sp³-hybridized carbons (Fsp3) is 0.333. The van der Waals surface area contributed by atoms with E-state index >= 15 is 0 Å². The Bertz CT molecular complexity index is 816. The van der Waals surface area contributed by atoms with E-state index in [1.54, 1.807) is 24.4 Å². The summed E-state index contributed by atoms with van der Waals surface area (Å²) >= 11 is 0. The van der Waals surface area contributed by atoms with Gasteiger partial charge in [0.25, 0.3) is 5.56 Å². The number of hydrogen-bond donors (Lipinski definition) is 1. The third-order valence-electron chi connectivity index (χ3n) is 4.06. The number of benzene rings is 1. The monoisotopic (exact) mass is 330 g/mol. The lowest BCUT2D eigenvalue weighted by Crippen LogP contribution is -2.34. The first-order valence-electron chi connectivity index (χ1n) is 7.92. The van der Waals surface area contributed by atoms with Gasteiger partial charge in [-0.25, -0.2) is 4.39 Å². The second kappa shape index (κ2) is 6.86. The van der Waals surface area contributed by atoms with Crippen LogP contribution in [0.2, 0.25) is 0 Å². The predicted molar refractivity (Wildman–Crippen MR) is 87.5 cm³/mol. The van der Waals surface area contributed by atoms with Gasteiger partial charge < -0.3 is 14.6 Å². The Morgan fingerprint density at radius 1 is 1.42 bits per heavy atom. The number of aromatic nitrogens is 1. The van der Waals surface area contributed by atoms with Crippen LogP contribution in [-0.4, -0.2) is 17.1 Å². The molecule has 1 aromatic carbocycles. The zero-order chi connectivity index (χ0) is 17.1. The Morgan fingerprint density at radius 2 is 2.25 bits per heavy atom. The summed E-state index contributed by atoms with van der Waals surface area (Å²) in [6, 6.07) is 7.64. The van der Waals surface area contributed by atoms with Crippen molar-refractivity contribution >= 4 is 5.91 Å². The minimum atomic E-state index is -0.427. The molecule has 2 heterocycles. The van der Waals surface area contributed by atoms with Crippen molar-refractivity contribution in [3.63, 3.8) is 0 Å². The molecule has 0 aliphatic carbocycles. The summed E-state index contributed by atoms with van der Waals surface area (Å²) in [6.45, 7) is 2.17. The zero-order valence-electron chi connectivity index (χ0n) is 13.4. The first kappa shape index (κ1) is 16.2. The van der Waals surface area contributed by atoms with Gasteiger partial charge in [-0.05, 0) is 37.5 Å². The maximum Gasteiger partial charge on any atom is 0.251 e. The lowest BCUT2D eigenvalue weighted by molar-refractivity contribution is -0.122. The summed E-state index contributed by atoms with van der Waals surface area (Å²) in [7, 11) is 0. The molecule has 1 aliphatic heterocycles. The Hall–Kier alpha value is -2.63. The van der Waals surface area contributed by atoms with E-state index in [-0.39, 0.29) is 29.8 Å². The van der Waals surface area contributed by atoms with Gasteiger partial charge in [0.1, 0.15) is 6.54 Å². The molecule has 0 saturated carbocycles. The first-order valence-corrected chi connectivity index (χ1v) is 7.92. The summed E-state index contributed by atoms with van der Waals surface area (Å²) in [5.41, 5.74) is 1.26. The van der Waals surface area contributed by atoms with E-state index in [0.717, 1.165) is 5.56 Å². The number of nitrogens with one attached hydrogen (secondary N) is 1. The molecule has 1 amide bonds. The summed E-state index contributed by atoms with van der Waals surface area (Å²) in [4.78, 5) is 24.2. The maximum absolute atomic E-state index is 13.9.